The second kappa shape index (κ2) is 5.71. The lowest BCUT2D eigenvalue weighted by molar-refractivity contribution is -0.119. The molecule has 1 aromatic carbocycles. The third-order valence-electron chi connectivity index (χ3n) is 3.08. The van der Waals surface area contributed by atoms with Gasteiger partial charge in [0, 0.05) is 10.7 Å². The van der Waals surface area contributed by atoms with Crippen LogP contribution in [0.4, 0.5) is 5.69 Å². The number of nitrogens with zero attached hydrogens (tertiary/aromatic N) is 1. The van der Waals surface area contributed by atoms with Crippen LogP contribution in [0.1, 0.15) is 13.8 Å². The zero-order chi connectivity index (χ0) is 16.7. The van der Waals surface area contributed by atoms with Gasteiger partial charge in [-0.2, -0.15) is 0 Å². The van der Waals surface area contributed by atoms with Crippen molar-refractivity contribution in [2.75, 3.05) is 16.7 Å². The zero-order valence-electron chi connectivity index (χ0n) is 11.8. The second-order valence-electron chi connectivity index (χ2n) is 4.78. The lowest BCUT2D eigenvalue weighted by Crippen LogP contribution is -2.30. The second-order valence-corrected chi connectivity index (χ2v) is 9.18. The Bertz CT molecular complexity index is 818. The maximum Gasteiger partial charge on any atom is 0.265 e. The van der Waals surface area contributed by atoms with E-state index in [1.54, 1.807) is 6.92 Å². The van der Waals surface area contributed by atoms with Crippen LogP contribution in [0.25, 0.3) is 0 Å². The number of amides is 1. The van der Waals surface area contributed by atoms with E-state index in [9.17, 15) is 21.6 Å². The molecule has 10 heteroatoms. The molecule has 0 saturated carbocycles. The molecule has 1 heterocycles. The van der Waals surface area contributed by atoms with Crippen molar-refractivity contribution in [1.29, 1.82) is 0 Å². The normalized spacial score (nSPS) is 21.1. The van der Waals surface area contributed by atoms with Crippen molar-refractivity contribution in [2.24, 2.45) is 5.92 Å². The third-order valence-corrected chi connectivity index (χ3v) is 6.30. The first kappa shape index (κ1) is 17.0. The monoisotopic (exact) mass is 367 g/mol. The SMILES string of the molecule is CCOc1ccc(N2C(=O)C(C)CS2(=O)=O)cc1S(=O)(=O)Cl. The summed E-state index contributed by atoms with van der Waals surface area (Å²) in [4.78, 5) is 11.6. The van der Waals surface area contributed by atoms with Crippen LogP contribution in [-0.2, 0) is 23.9 Å². The number of ether oxygens (including phenoxy) is 1. The quantitative estimate of drug-likeness (QED) is 0.744. The zero-order valence-corrected chi connectivity index (χ0v) is 14.2. The third kappa shape index (κ3) is 3.06. The maximum atomic E-state index is 12.0. The number of carbonyl (C=O) groups is 1. The highest BCUT2D eigenvalue weighted by Gasteiger charge is 2.42. The molecule has 0 bridgehead atoms. The molecule has 22 heavy (non-hydrogen) atoms. The van der Waals surface area contributed by atoms with E-state index in [2.05, 4.69) is 0 Å². The number of benzene rings is 1. The Kier molecular flexibility index (Phi) is 4.42. The van der Waals surface area contributed by atoms with Crippen molar-refractivity contribution in [3.63, 3.8) is 0 Å². The first-order valence-electron chi connectivity index (χ1n) is 6.36. The fraction of sp³-hybridized carbons (Fsp3) is 0.417. The topological polar surface area (TPSA) is 97.8 Å². The van der Waals surface area contributed by atoms with Gasteiger partial charge in [0.25, 0.3) is 9.05 Å². The molecule has 1 fully saturated rings. The minimum absolute atomic E-state index is 0.00153. The van der Waals surface area contributed by atoms with Gasteiger partial charge in [0.15, 0.2) is 0 Å². The summed E-state index contributed by atoms with van der Waals surface area (Å²) in [6.07, 6.45) is 0. The molecular formula is C12H14ClNO6S2. The lowest BCUT2D eigenvalue weighted by atomic mass is 10.2. The Balaban J connectivity index is 2.61. The molecule has 1 saturated heterocycles. The van der Waals surface area contributed by atoms with Gasteiger partial charge in [-0.05, 0) is 25.1 Å². The summed E-state index contributed by atoms with van der Waals surface area (Å²) in [5.74, 6) is -1.62. The van der Waals surface area contributed by atoms with Crippen molar-refractivity contribution >= 4 is 41.4 Å². The van der Waals surface area contributed by atoms with Gasteiger partial charge >= 0.3 is 0 Å². The molecule has 0 aromatic heterocycles. The molecule has 1 aliphatic heterocycles. The van der Waals surface area contributed by atoms with Gasteiger partial charge in [0.1, 0.15) is 10.6 Å². The fourth-order valence-electron chi connectivity index (χ4n) is 2.18. The van der Waals surface area contributed by atoms with Gasteiger partial charge in [0.2, 0.25) is 15.9 Å². The smallest absolute Gasteiger partial charge is 0.265 e. The first-order valence-corrected chi connectivity index (χ1v) is 10.3. The largest absolute Gasteiger partial charge is 0.492 e. The van der Waals surface area contributed by atoms with Gasteiger partial charge < -0.3 is 4.74 Å². The number of hydrogen-bond acceptors (Lipinski definition) is 6. The molecule has 0 N–H and O–H groups in total. The molecule has 1 atom stereocenters. The van der Waals surface area contributed by atoms with E-state index < -0.39 is 30.9 Å². The molecule has 2 rings (SSSR count). The molecule has 0 radical (unpaired) electrons. The summed E-state index contributed by atoms with van der Waals surface area (Å²) in [5, 5.41) is 0. The number of carbonyl (C=O) groups excluding carboxylic acids is 1. The predicted molar refractivity (Wildman–Crippen MR) is 81.1 cm³/mol. The number of hydrogen-bond donors (Lipinski definition) is 0. The van der Waals surface area contributed by atoms with Crippen LogP contribution in [0.3, 0.4) is 0 Å². The van der Waals surface area contributed by atoms with Gasteiger partial charge in [-0.15, -0.1) is 0 Å². The average molecular weight is 368 g/mol. The summed E-state index contributed by atoms with van der Waals surface area (Å²) in [7, 11) is -2.63. The summed E-state index contributed by atoms with van der Waals surface area (Å²) >= 11 is 0. The average Bonchev–Trinajstić information content (AvgIpc) is 2.58. The van der Waals surface area contributed by atoms with Crippen LogP contribution in [-0.4, -0.2) is 35.1 Å². The minimum Gasteiger partial charge on any atom is -0.492 e. The Labute approximate surface area is 133 Å². The van der Waals surface area contributed by atoms with E-state index >= 15 is 0 Å². The van der Waals surface area contributed by atoms with Crippen LogP contribution in [0.15, 0.2) is 23.1 Å². The highest BCUT2D eigenvalue weighted by molar-refractivity contribution is 8.13. The Hall–Kier alpha value is -1.32. The highest BCUT2D eigenvalue weighted by atomic mass is 35.7. The number of anilines is 1. The van der Waals surface area contributed by atoms with E-state index in [4.69, 9.17) is 15.4 Å². The van der Waals surface area contributed by atoms with Gasteiger partial charge in [-0.3, -0.25) is 4.79 Å². The van der Waals surface area contributed by atoms with E-state index in [0.717, 1.165) is 6.07 Å². The van der Waals surface area contributed by atoms with Crippen molar-refractivity contribution in [3.8, 4) is 5.75 Å². The van der Waals surface area contributed by atoms with E-state index in [0.29, 0.717) is 4.31 Å². The van der Waals surface area contributed by atoms with Crippen molar-refractivity contribution < 1.29 is 26.4 Å². The molecule has 122 valence electrons. The minimum atomic E-state index is -4.16. The van der Waals surface area contributed by atoms with E-state index in [1.807, 2.05) is 0 Å². The Morgan fingerprint density at radius 3 is 2.50 bits per heavy atom. The van der Waals surface area contributed by atoms with Crippen LogP contribution in [0, 0.1) is 5.92 Å². The molecule has 1 aliphatic rings. The number of halogens is 1. The Morgan fingerprint density at radius 2 is 2.05 bits per heavy atom. The molecule has 1 aromatic rings. The lowest BCUT2D eigenvalue weighted by Gasteiger charge is -2.17. The fourth-order valence-corrected chi connectivity index (χ4v) is 4.98. The van der Waals surface area contributed by atoms with Crippen LogP contribution in [0.5, 0.6) is 5.75 Å². The van der Waals surface area contributed by atoms with Gasteiger partial charge in [-0.25, -0.2) is 21.1 Å². The number of rotatable bonds is 4. The standard InChI is InChI=1S/C12H14ClNO6S2/c1-3-20-10-5-4-9(6-11(10)22(13,18)19)14-12(15)8(2)7-21(14,16)17/h4-6,8H,3,7H2,1-2H3. The van der Waals surface area contributed by atoms with Crippen LogP contribution >= 0.6 is 10.7 Å². The molecule has 1 amide bonds. The van der Waals surface area contributed by atoms with Gasteiger partial charge in [0.05, 0.1) is 24.0 Å². The molecule has 1 unspecified atom stereocenters. The van der Waals surface area contributed by atoms with Crippen LogP contribution < -0.4 is 9.04 Å². The van der Waals surface area contributed by atoms with Crippen molar-refractivity contribution in [2.45, 2.75) is 18.7 Å². The summed E-state index contributed by atoms with van der Waals surface area (Å²) < 4.78 is 53.1. The van der Waals surface area contributed by atoms with Crippen molar-refractivity contribution in [1.82, 2.24) is 0 Å². The molecular weight excluding hydrogens is 354 g/mol. The molecule has 0 spiro atoms. The molecule has 0 aliphatic carbocycles. The maximum absolute atomic E-state index is 12.0. The van der Waals surface area contributed by atoms with E-state index in [-0.39, 0.29) is 28.7 Å². The summed E-state index contributed by atoms with van der Waals surface area (Å²) in [6, 6.07) is 3.62. The van der Waals surface area contributed by atoms with Gasteiger partial charge in [-0.1, -0.05) is 6.92 Å². The first-order chi connectivity index (χ1) is 10.1. The molecule has 7 nitrogen and oxygen atoms in total. The Morgan fingerprint density at radius 1 is 1.41 bits per heavy atom. The predicted octanol–water partition coefficient (Wildman–Crippen LogP) is 1.33. The van der Waals surface area contributed by atoms with E-state index in [1.165, 1.54) is 19.1 Å². The summed E-state index contributed by atoms with van der Waals surface area (Å²) in [6.45, 7) is 3.36. The number of sulfonamides is 1. The van der Waals surface area contributed by atoms with Crippen LogP contribution in [0.2, 0.25) is 0 Å². The summed E-state index contributed by atoms with van der Waals surface area (Å²) in [5.41, 5.74) is -0.0722. The van der Waals surface area contributed by atoms with Crippen molar-refractivity contribution in [3.05, 3.63) is 18.2 Å². The highest BCUT2D eigenvalue weighted by Crippen LogP contribution is 2.35.